The summed E-state index contributed by atoms with van der Waals surface area (Å²) < 4.78 is 0. The van der Waals surface area contributed by atoms with E-state index >= 15 is 0 Å². The van der Waals surface area contributed by atoms with Crippen LogP contribution in [0, 0.1) is 11.3 Å². The molecule has 4 heterocycles. The minimum Gasteiger partial charge on any atom is -0.328 e. The van der Waals surface area contributed by atoms with Crippen LogP contribution in [0.15, 0.2) is 59.0 Å². The third-order valence-corrected chi connectivity index (χ3v) is 10.5. The molecular weight excluding hydrogens is 574 g/mol. The van der Waals surface area contributed by atoms with E-state index in [1.54, 1.807) is 12.3 Å². The molecule has 3 aromatic heterocycles. The average molecular weight is 618 g/mol. The van der Waals surface area contributed by atoms with Crippen LogP contribution >= 0.6 is 0 Å². The molecule has 1 aliphatic heterocycles. The van der Waals surface area contributed by atoms with Gasteiger partial charge in [0, 0.05) is 48.8 Å². The molecule has 7 rings (SSSR count). The Balaban J connectivity index is 1.07. The van der Waals surface area contributed by atoms with E-state index in [4.69, 9.17) is 4.98 Å². The first-order valence-corrected chi connectivity index (χ1v) is 16.7. The van der Waals surface area contributed by atoms with Crippen molar-refractivity contribution in [3.8, 4) is 11.1 Å². The molecule has 2 N–H and O–H groups in total. The van der Waals surface area contributed by atoms with Crippen molar-refractivity contribution in [1.29, 1.82) is 0 Å². The predicted molar refractivity (Wildman–Crippen MR) is 178 cm³/mol. The van der Waals surface area contributed by atoms with Gasteiger partial charge in [0.05, 0.1) is 5.69 Å². The van der Waals surface area contributed by atoms with Crippen molar-refractivity contribution in [2.24, 2.45) is 11.3 Å². The summed E-state index contributed by atoms with van der Waals surface area (Å²) in [5.74, 6) is 2.02. The predicted octanol–water partition coefficient (Wildman–Crippen LogP) is 5.66. The van der Waals surface area contributed by atoms with E-state index in [2.05, 4.69) is 87.7 Å². The van der Waals surface area contributed by atoms with Crippen molar-refractivity contribution < 1.29 is 4.79 Å². The monoisotopic (exact) mass is 617 g/mol. The van der Waals surface area contributed by atoms with E-state index in [1.807, 2.05) is 6.07 Å². The maximum absolute atomic E-state index is 14.0. The third-order valence-electron chi connectivity index (χ3n) is 10.5. The second-order valence-electron chi connectivity index (χ2n) is 14.5. The first kappa shape index (κ1) is 30.4. The molecule has 46 heavy (non-hydrogen) atoms. The van der Waals surface area contributed by atoms with Crippen molar-refractivity contribution in [1.82, 2.24) is 35.5 Å². The van der Waals surface area contributed by atoms with E-state index < -0.39 is 0 Å². The Labute approximate surface area is 269 Å². The quantitative estimate of drug-likeness (QED) is 0.249. The largest absolute Gasteiger partial charge is 0.328 e. The van der Waals surface area contributed by atoms with Crippen molar-refractivity contribution in [2.45, 2.75) is 77.6 Å². The number of nitrogens with one attached hydrogen (secondary N) is 2. The summed E-state index contributed by atoms with van der Waals surface area (Å²) in [5, 5.41) is 14.7. The van der Waals surface area contributed by atoms with E-state index in [0.29, 0.717) is 18.8 Å². The highest BCUT2D eigenvalue weighted by Crippen LogP contribution is 2.39. The molecule has 4 aromatic rings. The Hall–Kier alpha value is -4.24. The maximum Gasteiger partial charge on any atom is 0.247 e. The van der Waals surface area contributed by atoms with Crippen molar-refractivity contribution in [3.63, 3.8) is 0 Å². The number of tetrazole rings is 1. The number of hydrogen-bond donors (Lipinski definition) is 2. The summed E-state index contributed by atoms with van der Waals surface area (Å²) in [6.07, 6.45) is 10.1. The molecule has 1 unspecified atom stereocenters. The second-order valence-corrected chi connectivity index (χ2v) is 14.5. The maximum atomic E-state index is 14.0. The van der Waals surface area contributed by atoms with Crippen LogP contribution in [-0.2, 0) is 24.1 Å². The summed E-state index contributed by atoms with van der Waals surface area (Å²) in [7, 11) is 0. The molecule has 9 nitrogen and oxygen atoms in total. The second kappa shape index (κ2) is 12.5. The highest BCUT2D eigenvalue weighted by Gasteiger charge is 2.32. The van der Waals surface area contributed by atoms with Crippen molar-refractivity contribution in [3.05, 3.63) is 98.5 Å². The molecule has 0 spiro atoms. The summed E-state index contributed by atoms with van der Waals surface area (Å²) >= 11 is 0. The summed E-state index contributed by atoms with van der Waals surface area (Å²) in [6, 6.07) is 14.2. The lowest BCUT2D eigenvalue weighted by molar-refractivity contribution is -0.116. The lowest BCUT2D eigenvalue weighted by Gasteiger charge is -2.34. The van der Waals surface area contributed by atoms with Crippen molar-refractivity contribution in [2.75, 3.05) is 19.6 Å². The number of aromatic amines is 2. The van der Waals surface area contributed by atoms with Crippen LogP contribution in [0.25, 0.3) is 17.2 Å². The Bertz CT molecular complexity index is 1780. The SMILES string of the molecule is CC(C)(C)[C@H]1CCc2nc3c(cc2C1)C=C(C(=O)C[C@H](CCN1CCC(c2nn[nH]n2)C1)c1ccc(-c2ccc(=O)[nH]c2)cc1)C3. The lowest BCUT2D eigenvalue weighted by Crippen LogP contribution is -2.27. The van der Waals surface area contributed by atoms with Crippen LogP contribution in [0.2, 0.25) is 0 Å². The van der Waals surface area contributed by atoms with Crippen LogP contribution < -0.4 is 5.56 Å². The minimum atomic E-state index is -0.115. The van der Waals surface area contributed by atoms with E-state index in [1.165, 1.54) is 17.7 Å². The standard InChI is InChI=1S/C37H43N7O2/c1-37(2,3)31-9-10-32-29(18-31)16-28-17-30(19-33(28)39-32)34(45)20-25(12-14-44-15-13-27(22-44)36-40-42-43-41-36)23-4-6-24(7-5-23)26-8-11-35(46)38-21-26/h4-8,11,16-17,21,25,27,31H,9-10,12-15,18-20,22H2,1-3H3,(H,38,46)(H,40,41,42,43)/t25-,27?,31-/m0/s1. The number of nitrogens with zero attached hydrogens (tertiary/aromatic N) is 5. The van der Waals surface area contributed by atoms with Gasteiger partial charge in [-0.2, -0.15) is 5.21 Å². The Kier molecular flexibility index (Phi) is 8.27. The molecule has 1 aromatic carbocycles. The number of carbonyl (C=O) groups is 1. The number of Topliss-reactive ketones (excluding diaryl/α,β-unsaturated/α-hetero) is 1. The van der Waals surface area contributed by atoms with E-state index in [9.17, 15) is 9.59 Å². The number of ketones is 1. The molecule has 2 aliphatic carbocycles. The molecule has 1 fully saturated rings. The van der Waals surface area contributed by atoms with Crippen LogP contribution in [0.1, 0.15) is 92.2 Å². The van der Waals surface area contributed by atoms with Gasteiger partial charge in [0.2, 0.25) is 5.56 Å². The van der Waals surface area contributed by atoms with Gasteiger partial charge in [-0.25, -0.2) is 0 Å². The fraction of sp³-hybridized carbons (Fsp3) is 0.459. The number of likely N-dealkylation sites (tertiary alicyclic amines) is 1. The molecule has 9 heteroatoms. The van der Waals surface area contributed by atoms with Gasteiger partial charge >= 0.3 is 0 Å². The number of allylic oxidation sites excluding steroid dienone is 1. The molecule has 0 saturated carbocycles. The number of hydrogen-bond acceptors (Lipinski definition) is 7. The molecule has 3 atom stereocenters. The highest BCUT2D eigenvalue weighted by molar-refractivity contribution is 6.02. The molecule has 0 radical (unpaired) electrons. The number of rotatable bonds is 9. The molecule has 0 amide bonds. The zero-order valence-electron chi connectivity index (χ0n) is 27.1. The van der Waals surface area contributed by atoms with Crippen molar-refractivity contribution >= 4 is 11.9 Å². The van der Waals surface area contributed by atoms with Gasteiger partial charge < -0.3 is 9.88 Å². The topological polar surface area (TPSA) is 121 Å². The van der Waals surface area contributed by atoms with E-state index in [0.717, 1.165) is 84.7 Å². The molecule has 0 bridgehead atoms. The Morgan fingerprint density at radius 1 is 1.07 bits per heavy atom. The van der Waals surface area contributed by atoms with Crippen LogP contribution in [0.4, 0.5) is 0 Å². The number of pyridine rings is 2. The van der Waals surface area contributed by atoms with Gasteiger partial charge in [-0.15, -0.1) is 10.2 Å². The number of benzene rings is 1. The average Bonchev–Trinajstić information content (AvgIpc) is 3.83. The molecule has 3 aliphatic rings. The summed E-state index contributed by atoms with van der Waals surface area (Å²) in [6.45, 7) is 9.80. The van der Waals surface area contributed by atoms with Crippen LogP contribution in [0.3, 0.4) is 0 Å². The van der Waals surface area contributed by atoms with Gasteiger partial charge in [0.15, 0.2) is 11.6 Å². The zero-order valence-corrected chi connectivity index (χ0v) is 27.1. The first-order chi connectivity index (χ1) is 22.2. The first-order valence-electron chi connectivity index (χ1n) is 16.7. The van der Waals surface area contributed by atoms with Crippen LogP contribution in [-0.4, -0.2) is 60.9 Å². The minimum absolute atomic E-state index is 0.0830. The van der Waals surface area contributed by atoms with Crippen LogP contribution in [0.5, 0.6) is 0 Å². The summed E-state index contributed by atoms with van der Waals surface area (Å²) in [5.41, 5.74) is 8.97. The van der Waals surface area contributed by atoms with Gasteiger partial charge in [-0.05, 0) is 108 Å². The fourth-order valence-corrected chi connectivity index (χ4v) is 7.54. The number of aryl methyl sites for hydroxylation is 1. The third kappa shape index (κ3) is 6.51. The molecular formula is C37H43N7O2. The fourth-order valence-electron chi connectivity index (χ4n) is 7.54. The van der Waals surface area contributed by atoms with Gasteiger partial charge in [0.1, 0.15) is 0 Å². The zero-order chi connectivity index (χ0) is 31.8. The lowest BCUT2D eigenvalue weighted by atomic mass is 9.71. The summed E-state index contributed by atoms with van der Waals surface area (Å²) in [4.78, 5) is 35.8. The molecule has 238 valence electrons. The van der Waals surface area contributed by atoms with Gasteiger partial charge in [-0.3, -0.25) is 14.6 Å². The number of fused-ring (bicyclic) bond motifs is 2. The normalized spacial score (nSPS) is 20.3. The Morgan fingerprint density at radius 2 is 1.89 bits per heavy atom. The highest BCUT2D eigenvalue weighted by atomic mass is 16.1. The molecule has 1 saturated heterocycles. The number of H-pyrrole nitrogens is 2. The number of aromatic nitrogens is 6. The van der Waals surface area contributed by atoms with Gasteiger partial charge in [-0.1, -0.05) is 50.3 Å². The van der Waals surface area contributed by atoms with Gasteiger partial charge in [0.25, 0.3) is 0 Å². The Morgan fingerprint density at radius 3 is 2.63 bits per heavy atom. The smallest absolute Gasteiger partial charge is 0.247 e. The van der Waals surface area contributed by atoms with E-state index in [-0.39, 0.29) is 28.6 Å². The number of carbonyl (C=O) groups excluding carboxylic acids is 1.